The van der Waals surface area contributed by atoms with Gasteiger partial charge in [-0.05, 0) is 73.4 Å². The summed E-state index contributed by atoms with van der Waals surface area (Å²) in [7, 11) is 0. The number of carbonyl (C=O) groups is 1. The Hall–Kier alpha value is -3.27. The number of carbonyl (C=O) groups excluding carboxylic acids is 1. The van der Waals surface area contributed by atoms with Crippen molar-refractivity contribution in [2.24, 2.45) is 0 Å². The molecule has 0 amide bonds. The number of hydrogen-bond donors (Lipinski definition) is 2. The maximum absolute atomic E-state index is 12.4. The lowest BCUT2D eigenvalue weighted by atomic mass is 9.97. The fraction of sp³-hybridized carbons (Fsp3) is 0.174. The first-order valence-corrected chi connectivity index (χ1v) is 8.82. The van der Waals surface area contributed by atoms with E-state index in [4.69, 9.17) is 10.5 Å². The van der Waals surface area contributed by atoms with Gasteiger partial charge in [-0.3, -0.25) is 4.79 Å². The predicted molar refractivity (Wildman–Crippen MR) is 111 cm³/mol. The zero-order valence-electron chi connectivity index (χ0n) is 15.6. The van der Waals surface area contributed by atoms with Gasteiger partial charge in [0.25, 0.3) is 0 Å². The smallest absolute Gasteiger partial charge is 0.185 e. The number of phenolic OH excluding ortho intramolecular Hbond substituents is 1. The second-order valence-electron chi connectivity index (χ2n) is 6.02. The minimum absolute atomic E-state index is 0.0903. The van der Waals surface area contributed by atoms with Gasteiger partial charge in [-0.25, -0.2) is 0 Å². The molecule has 4 heteroatoms. The van der Waals surface area contributed by atoms with Crippen molar-refractivity contribution < 1.29 is 14.6 Å². The van der Waals surface area contributed by atoms with Crippen molar-refractivity contribution in [1.29, 1.82) is 0 Å². The molecule has 0 saturated heterocycles. The van der Waals surface area contributed by atoms with E-state index >= 15 is 0 Å². The number of phenols is 1. The first-order valence-electron chi connectivity index (χ1n) is 8.82. The molecular formula is C23H25NO3. The number of hydrogen-bond acceptors (Lipinski definition) is 4. The highest BCUT2D eigenvalue weighted by Crippen LogP contribution is 2.37. The van der Waals surface area contributed by atoms with Gasteiger partial charge in [0.05, 0.1) is 12.2 Å². The molecule has 0 saturated carbocycles. The van der Waals surface area contributed by atoms with Crippen molar-refractivity contribution in [3.05, 3.63) is 84.0 Å². The molecule has 2 rings (SSSR count). The molecule has 0 spiro atoms. The van der Waals surface area contributed by atoms with Crippen molar-refractivity contribution in [3.63, 3.8) is 0 Å². The average Bonchev–Trinajstić information content (AvgIpc) is 2.65. The Kier molecular flexibility index (Phi) is 7.00. The molecule has 4 nitrogen and oxygen atoms in total. The lowest BCUT2D eigenvalue weighted by Gasteiger charge is -2.17. The first-order chi connectivity index (χ1) is 13.0. The van der Waals surface area contributed by atoms with Crippen LogP contribution in [0.2, 0.25) is 0 Å². The summed E-state index contributed by atoms with van der Waals surface area (Å²) in [6.45, 7) is 9.84. The van der Waals surface area contributed by atoms with E-state index in [1.807, 2.05) is 13.0 Å². The largest absolute Gasteiger partial charge is 0.507 e. The molecule has 0 radical (unpaired) electrons. The number of aromatic hydroxyl groups is 1. The Morgan fingerprint density at radius 2 is 1.78 bits per heavy atom. The van der Waals surface area contributed by atoms with Crippen molar-refractivity contribution in [1.82, 2.24) is 0 Å². The van der Waals surface area contributed by atoms with Crippen LogP contribution in [0.3, 0.4) is 0 Å². The molecule has 0 unspecified atom stereocenters. The third-order valence-electron chi connectivity index (χ3n) is 4.06. The maximum atomic E-state index is 12.4. The van der Waals surface area contributed by atoms with Crippen LogP contribution in [0.5, 0.6) is 11.5 Å². The highest BCUT2D eigenvalue weighted by atomic mass is 16.5. The third kappa shape index (κ3) is 4.88. The molecule has 0 atom stereocenters. The van der Waals surface area contributed by atoms with Gasteiger partial charge < -0.3 is 15.6 Å². The van der Waals surface area contributed by atoms with E-state index in [1.54, 1.807) is 42.5 Å². The van der Waals surface area contributed by atoms with Crippen LogP contribution in [-0.2, 0) is 12.8 Å². The molecular weight excluding hydrogens is 338 g/mol. The fourth-order valence-electron chi connectivity index (χ4n) is 2.79. The molecule has 3 N–H and O–H groups in total. The van der Waals surface area contributed by atoms with Gasteiger partial charge in [0, 0.05) is 11.3 Å². The van der Waals surface area contributed by atoms with Gasteiger partial charge in [0.15, 0.2) is 5.78 Å². The van der Waals surface area contributed by atoms with Gasteiger partial charge in [-0.15, -0.1) is 13.2 Å². The summed E-state index contributed by atoms with van der Waals surface area (Å²) < 4.78 is 5.78. The first kappa shape index (κ1) is 20.0. The van der Waals surface area contributed by atoms with Gasteiger partial charge in [0.2, 0.25) is 0 Å². The zero-order chi connectivity index (χ0) is 19.8. The minimum Gasteiger partial charge on any atom is -0.507 e. The molecule has 2 aromatic rings. The SMILES string of the molecule is C=CCc1cc(CC=C)c(OCC)c(C=CC(=O)c2ccc(N)cc2)c1O. The Morgan fingerprint density at radius 1 is 1.15 bits per heavy atom. The summed E-state index contributed by atoms with van der Waals surface area (Å²) >= 11 is 0. The number of ketones is 1. The van der Waals surface area contributed by atoms with Crippen LogP contribution < -0.4 is 10.5 Å². The van der Waals surface area contributed by atoms with E-state index < -0.39 is 0 Å². The van der Waals surface area contributed by atoms with Crippen LogP contribution in [-0.4, -0.2) is 17.5 Å². The highest BCUT2D eigenvalue weighted by Gasteiger charge is 2.16. The minimum atomic E-state index is -0.184. The van der Waals surface area contributed by atoms with Crippen LogP contribution in [0.15, 0.2) is 61.7 Å². The molecule has 0 heterocycles. The van der Waals surface area contributed by atoms with E-state index in [0.717, 1.165) is 11.1 Å². The number of benzene rings is 2. The number of ether oxygens (including phenoxy) is 1. The Labute approximate surface area is 160 Å². The second-order valence-corrected chi connectivity index (χ2v) is 6.02. The van der Waals surface area contributed by atoms with Gasteiger partial charge in [0.1, 0.15) is 11.5 Å². The highest BCUT2D eigenvalue weighted by molar-refractivity contribution is 6.07. The molecule has 0 aliphatic carbocycles. The Morgan fingerprint density at radius 3 is 2.37 bits per heavy atom. The maximum Gasteiger partial charge on any atom is 0.185 e. The molecule has 0 aliphatic rings. The van der Waals surface area contributed by atoms with E-state index in [2.05, 4.69) is 13.2 Å². The van der Waals surface area contributed by atoms with Crippen LogP contribution in [0, 0.1) is 0 Å². The topological polar surface area (TPSA) is 72.5 Å². The summed E-state index contributed by atoms with van der Waals surface area (Å²) in [5, 5.41) is 10.7. The van der Waals surface area contributed by atoms with E-state index in [0.29, 0.717) is 42.0 Å². The Balaban J connectivity index is 2.51. The van der Waals surface area contributed by atoms with Gasteiger partial charge in [-0.2, -0.15) is 0 Å². The van der Waals surface area contributed by atoms with Crippen molar-refractivity contribution >= 4 is 17.5 Å². The van der Waals surface area contributed by atoms with Crippen molar-refractivity contribution in [2.75, 3.05) is 12.3 Å². The Bertz CT molecular complexity index is 864. The van der Waals surface area contributed by atoms with Crippen molar-refractivity contribution in [3.8, 4) is 11.5 Å². The monoisotopic (exact) mass is 363 g/mol. The van der Waals surface area contributed by atoms with Gasteiger partial charge in [-0.1, -0.05) is 12.2 Å². The summed E-state index contributed by atoms with van der Waals surface area (Å²) in [4.78, 5) is 12.4. The van der Waals surface area contributed by atoms with Crippen LogP contribution in [0.25, 0.3) is 6.08 Å². The van der Waals surface area contributed by atoms with Crippen LogP contribution in [0.4, 0.5) is 5.69 Å². The lowest BCUT2D eigenvalue weighted by Crippen LogP contribution is -2.02. The normalized spacial score (nSPS) is 10.7. The van der Waals surface area contributed by atoms with E-state index in [1.165, 1.54) is 6.08 Å². The number of anilines is 1. The molecule has 0 aliphatic heterocycles. The van der Waals surface area contributed by atoms with E-state index in [-0.39, 0.29) is 11.5 Å². The number of nitrogens with two attached hydrogens (primary N) is 1. The standard InChI is InChI=1S/C23H25NO3/c1-4-7-17-15-18(8-5-2)23(27-6-3)20(22(17)26)13-14-21(25)16-9-11-19(24)12-10-16/h4-5,9-15,26H,1-2,6-8,24H2,3H3. The number of allylic oxidation sites excluding steroid dienone is 3. The summed E-state index contributed by atoms with van der Waals surface area (Å²) in [6, 6.07) is 8.59. The predicted octanol–water partition coefficient (Wildman–Crippen LogP) is 4.73. The summed E-state index contributed by atoms with van der Waals surface area (Å²) in [5.74, 6) is 0.466. The number of rotatable bonds is 9. The zero-order valence-corrected chi connectivity index (χ0v) is 15.6. The third-order valence-corrected chi connectivity index (χ3v) is 4.06. The lowest BCUT2D eigenvalue weighted by molar-refractivity contribution is 0.104. The molecule has 0 bridgehead atoms. The second kappa shape index (κ2) is 9.43. The van der Waals surface area contributed by atoms with Crippen molar-refractivity contribution in [2.45, 2.75) is 19.8 Å². The molecule has 0 fully saturated rings. The molecule has 0 aromatic heterocycles. The van der Waals surface area contributed by atoms with E-state index in [9.17, 15) is 9.90 Å². The van der Waals surface area contributed by atoms with Gasteiger partial charge >= 0.3 is 0 Å². The van der Waals surface area contributed by atoms with Crippen LogP contribution >= 0.6 is 0 Å². The summed E-state index contributed by atoms with van der Waals surface area (Å²) in [6.07, 6.45) is 7.62. The molecule has 2 aromatic carbocycles. The average molecular weight is 363 g/mol. The molecule has 140 valence electrons. The molecule has 27 heavy (non-hydrogen) atoms. The fourth-order valence-corrected chi connectivity index (χ4v) is 2.79. The van der Waals surface area contributed by atoms with Crippen LogP contribution in [0.1, 0.15) is 34.0 Å². The number of nitrogen functional groups attached to an aromatic ring is 1. The quantitative estimate of drug-likeness (QED) is 0.292. The summed E-state index contributed by atoms with van der Waals surface area (Å²) in [5.41, 5.74) is 8.89.